The third kappa shape index (κ3) is 3.22. The summed E-state index contributed by atoms with van der Waals surface area (Å²) in [6.45, 7) is -0.0933. The molecular weight excluding hydrogens is 246 g/mol. The zero-order valence-corrected chi connectivity index (χ0v) is 10.1. The number of carbonyl (C=O) groups is 1. The number of pyridine rings is 1. The number of nitrogens with zero attached hydrogens (tertiary/aromatic N) is 1. The number of para-hydroxylation sites is 2. The van der Waals surface area contributed by atoms with Crippen molar-refractivity contribution in [2.75, 3.05) is 6.61 Å². The molecule has 0 saturated heterocycles. The lowest BCUT2D eigenvalue weighted by Crippen LogP contribution is -2.20. The lowest BCUT2D eigenvalue weighted by molar-refractivity contribution is -0.139. The Labute approximate surface area is 110 Å². The molecule has 98 valence electrons. The van der Waals surface area contributed by atoms with Crippen molar-refractivity contribution in [1.82, 2.24) is 4.98 Å². The van der Waals surface area contributed by atoms with Crippen LogP contribution in [0.25, 0.3) is 0 Å². The van der Waals surface area contributed by atoms with Gasteiger partial charge in [0.15, 0.2) is 11.5 Å². The van der Waals surface area contributed by atoms with Crippen molar-refractivity contribution in [3.8, 4) is 11.5 Å². The minimum atomic E-state index is -1.02. The molecule has 0 amide bonds. The van der Waals surface area contributed by atoms with E-state index in [0.717, 1.165) is 0 Å². The van der Waals surface area contributed by atoms with Gasteiger partial charge in [0.05, 0.1) is 5.69 Å². The highest BCUT2D eigenvalue weighted by molar-refractivity contribution is 5.75. The maximum Gasteiger partial charge on any atom is 0.316 e. The number of aromatic nitrogens is 1. The van der Waals surface area contributed by atoms with Crippen molar-refractivity contribution in [2.45, 2.75) is 5.92 Å². The van der Waals surface area contributed by atoms with Gasteiger partial charge >= 0.3 is 5.97 Å². The molecule has 0 aliphatic carbocycles. The van der Waals surface area contributed by atoms with Gasteiger partial charge in [0.2, 0.25) is 0 Å². The van der Waals surface area contributed by atoms with Crippen LogP contribution >= 0.6 is 0 Å². The first-order valence-corrected chi connectivity index (χ1v) is 5.73. The van der Waals surface area contributed by atoms with Gasteiger partial charge < -0.3 is 14.9 Å². The Morgan fingerprint density at radius 1 is 1.21 bits per heavy atom. The minimum absolute atomic E-state index is 0.0207. The summed E-state index contributed by atoms with van der Waals surface area (Å²) < 4.78 is 5.34. The molecule has 0 aliphatic heterocycles. The number of phenolic OH excluding ortho intramolecular Hbond substituents is 1. The molecule has 1 aromatic heterocycles. The standard InChI is InChI=1S/C14H13NO4/c16-12-6-1-2-7-13(12)19-9-10(14(17)18)11-5-3-4-8-15-11/h1-8,10,16H,9H2,(H,17,18). The molecule has 2 aromatic rings. The summed E-state index contributed by atoms with van der Waals surface area (Å²) in [5, 5.41) is 18.7. The van der Waals surface area contributed by atoms with E-state index in [1.807, 2.05) is 0 Å². The highest BCUT2D eigenvalue weighted by Gasteiger charge is 2.22. The molecule has 5 nitrogen and oxygen atoms in total. The number of phenols is 1. The number of hydrogen-bond acceptors (Lipinski definition) is 4. The SMILES string of the molecule is O=C(O)C(COc1ccccc1O)c1ccccn1. The molecule has 5 heteroatoms. The van der Waals surface area contributed by atoms with E-state index in [1.165, 1.54) is 12.3 Å². The van der Waals surface area contributed by atoms with Crippen LogP contribution in [0, 0.1) is 0 Å². The molecular formula is C14H13NO4. The second kappa shape index (κ2) is 5.86. The van der Waals surface area contributed by atoms with E-state index in [1.54, 1.807) is 36.4 Å². The maximum atomic E-state index is 11.2. The normalized spacial score (nSPS) is 11.8. The number of carboxylic acid groups (broad SMARTS) is 1. The Hall–Kier alpha value is -2.56. The first-order chi connectivity index (χ1) is 9.18. The van der Waals surface area contributed by atoms with Crippen molar-refractivity contribution < 1.29 is 19.7 Å². The predicted octanol–water partition coefficient (Wildman–Crippen LogP) is 2.03. The molecule has 0 radical (unpaired) electrons. The number of aliphatic carboxylic acids is 1. The van der Waals surface area contributed by atoms with Gasteiger partial charge in [0, 0.05) is 6.20 Å². The van der Waals surface area contributed by atoms with Crippen LogP contribution < -0.4 is 4.74 Å². The largest absolute Gasteiger partial charge is 0.504 e. The van der Waals surface area contributed by atoms with Gasteiger partial charge in [-0.3, -0.25) is 9.78 Å². The first kappa shape index (κ1) is 12.9. The Bertz CT molecular complexity index is 556. The van der Waals surface area contributed by atoms with Gasteiger partial charge in [0.1, 0.15) is 12.5 Å². The fourth-order valence-electron chi connectivity index (χ4n) is 1.62. The van der Waals surface area contributed by atoms with Gasteiger partial charge in [0.25, 0.3) is 0 Å². The molecule has 0 bridgehead atoms. The molecule has 1 atom stereocenters. The van der Waals surface area contributed by atoms with Gasteiger partial charge in [-0.05, 0) is 24.3 Å². The van der Waals surface area contributed by atoms with E-state index in [4.69, 9.17) is 4.74 Å². The average molecular weight is 259 g/mol. The summed E-state index contributed by atoms with van der Waals surface area (Å²) in [4.78, 5) is 15.2. The first-order valence-electron chi connectivity index (χ1n) is 5.73. The second-order valence-electron chi connectivity index (χ2n) is 3.92. The molecule has 1 unspecified atom stereocenters. The number of rotatable bonds is 5. The van der Waals surface area contributed by atoms with Crippen molar-refractivity contribution in [3.05, 3.63) is 54.4 Å². The van der Waals surface area contributed by atoms with E-state index < -0.39 is 11.9 Å². The number of aromatic hydroxyl groups is 1. The summed E-state index contributed by atoms with van der Waals surface area (Å²) in [6.07, 6.45) is 1.53. The summed E-state index contributed by atoms with van der Waals surface area (Å²) in [6, 6.07) is 11.5. The van der Waals surface area contributed by atoms with Crippen LogP contribution in [0.15, 0.2) is 48.7 Å². The van der Waals surface area contributed by atoms with Crippen molar-refractivity contribution in [1.29, 1.82) is 0 Å². The lowest BCUT2D eigenvalue weighted by atomic mass is 10.1. The van der Waals surface area contributed by atoms with Crippen LogP contribution in [0.4, 0.5) is 0 Å². The Morgan fingerprint density at radius 3 is 2.58 bits per heavy atom. The zero-order valence-electron chi connectivity index (χ0n) is 10.1. The molecule has 0 spiro atoms. The van der Waals surface area contributed by atoms with Crippen LogP contribution in [0.2, 0.25) is 0 Å². The van der Waals surface area contributed by atoms with Crippen molar-refractivity contribution in [2.24, 2.45) is 0 Å². The van der Waals surface area contributed by atoms with Gasteiger partial charge in [-0.2, -0.15) is 0 Å². The molecule has 2 N–H and O–H groups in total. The highest BCUT2D eigenvalue weighted by atomic mass is 16.5. The van der Waals surface area contributed by atoms with Gasteiger partial charge in [-0.25, -0.2) is 0 Å². The second-order valence-corrected chi connectivity index (χ2v) is 3.92. The third-order valence-corrected chi connectivity index (χ3v) is 2.61. The summed E-state index contributed by atoms with van der Waals surface area (Å²) in [5.41, 5.74) is 0.422. The van der Waals surface area contributed by atoms with E-state index >= 15 is 0 Å². The molecule has 0 saturated carbocycles. The molecule has 0 fully saturated rings. The summed E-state index contributed by atoms with van der Waals surface area (Å²) in [7, 11) is 0. The average Bonchev–Trinajstić information content (AvgIpc) is 2.42. The molecule has 1 heterocycles. The van der Waals surface area contributed by atoms with E-state index in [9.17, 15) is 15.0 Å². The fourth-order valence-corrected chi connectivity index (χ4v) is 1.62. The van der Waals surface area contributed by atoms with Crippen LogP contribution in [0.1, 0.15) is 11.6 Å². The van der Waals surface area contributed by atoms with Crippen molar-refractivity contribution >= 4 is 5.97 Å². The van der Waals surface area contributed by atoms with Crippen LogP contribution in [0.3, 0.4) is 0 Å². The molecule has 1 aromatic carbocycles. The van der Waals surface area contributed by atoms with Crippen LogP contribution in [-0.2, 0) is 4.79 Å². The predicted molar refractivity (Wildman–Crippen MR) is 68.2 cm³/mol. The van der Waals surface area contributed by atoms with E-state index in [0.29, 0.717) is 5.69 Å². The number of hydrogen-bond donors (Lipinski definition) is 2. The third-order valence-electron chi connectivity index (χ3n) is 2.61. The smallest absolute Gasteiger partial charge is 0.316 e. The number of benzene rings is 1. The van der Waals surface area contributed by atoms with Crippen LogP contribution in [0.5, 0.6) is 11.5 Å². The monoisotopic (exact) mass is 259 g/mol. The van der Waals surface area contributed by atoms with E-state index in [2.05, 4.69) is 4.98 Å². The maximum absolute atomic E-state index is 11.2. The van der Waals surface area contributed by atoms with E-state index in [-0.39, 0.29) is 18.1 Å². The van der Waals surface area contributed by atoms with Crippen LogP contribution in [-0.4, -0.2) is 27.8 Å². The molecule has 0 aliphatic rings. The summed E-state index contributed by atoms with van der Waals surface area (Å²) in [5.74, 6) is -1.66. The zero-order chi connectivity index (χ0) is 13.7. The lowest BCUT2D eigenvalue weighted by Gasteiger charge is -2.13. The molecule has 19 heavy (non-hydrogen) atoms. The Morgan fingerprint density at radius 2 is 1.95 bits per heavy atom. The number of carboxylic acids is 1. The highest BCUT2D eigenvalue weighted by Crippen LogP contribution is 2.26. The minimum Gasteiger partial charge on any atom is -0.504 e. The van der Waals surface area contributed by atoms with Gasteiger partial charge in [-0.15, -0.1) is 0 Å². The Balaban J connectivity index is 2.11. The quantitative estimate of drug-likeness (QED) is 0.858. The fraction of sp³-hybridized carbons (Fsp3) is 0.143. The summed E-state index contributed by atoms with van der Waals surface area (Å²) >= 11 is 0. The Kier molecular flexibility index (Phi) is 3.97. The van der Waals surface area contributed by atoms with Crippen molar-refractivity contribution in [3.63, 3.8) is 0 Å². The number of ether oxygens (including phenoxy) is 1. The van der Waals surface area contributed by atoms with Gasteiger partial charge in [-0.1, -0.05) is 18.2 Å². The topological polar surface area (TPSA) is 79.7 Å². The molecule has 2 rings (SSSR count).